The third-order valence-corrected chi connectivity index (χ3v) is 2.51. The summed E-state index contributed by atoms with van der Waals surface area (Å²) in [6.07, 6.45) is 0. The number of non-ortho nitro benzene ring substituents is 1. The molecule has 19 heavy (non-hydrogen) atoms. The molecule has 9 heteroatoms. The summed E-state index contributed by atoms with van der Waals surface area (Å²) in [4.78, 5) is 32.1. The molecule has 0 saturated carbocycles. The van der Waals surface area contributed by atoms with Crippen LogP contribution < -0.4 is 5.32 Å². The molecular formula is C10H9ClN2O6. The predicted molar refractivity (Wildman–Crippen MR) is 64.1 cm³/mol. The second kappa shape index (κ2) is 6.12. The first-order valence-corrected chi connectivity index (χ1v) is 5.33. The molecule has 0 aliphatic carbocycles. The van der Waals surface area contributed by atoms with E-state index in [1.165, 1.54) is 0 Å². The molecule has 0 bridgehead atoms. The normalized spacial score (nSPS) is 11.7. The number of rotatable bonds is 5. The van der Waals surface area contributed by atoms with Crippen molar-refractivity contribution in [3.8, 4) is 0 Å². The van der Waals surface area contributed by atoms with Gasteiger partial charge in [-0.05, 0) is 6.07 Å². The highest BCUT2D eigenvalue weighted by atomic mass is 35.5. The topological polar surface area (TPSA) is 130 Å². The largest absolute Gasteiger partial charge is 0.480 e. The fourth-order valence-electron chi connectivity index (χ4n) is 1.22. The van der Waals surface area contributed by atoms with Crippen molar-refractivity contribution in [2.24, 2.45) is 0 Å². The molecule has 0 aromatic heterocycles. The lowest BCUT2D eigenvalue weighted by Gasteiger charge is -2.12. The molecule has 0 fully saturated rings. The van der Waals surface area contributed by atoms with Gasteiger partial charge in [0, 0.05) is 12.1 Å². The minimum atomic E-state index is -1.47. The van der Waals surface area contributed by atoms with Crippen LogP contribution in [-0.4, -0.2) is 39.7 Å². The molecule has 102 valence electrons. The van der Waals surface area contributed by atoms with Crippen LogP contribution in [0.1, 0.15) is 10.4 Å². The molecule has 0 aliphatic heterocycles. The Labute approximate surface area is 111 Å². The number of hydrogen-bond donors (Lipinski definition) is 3. The number of aliphatic carboxylic acids is 1. The molecule has 3 N–H and O–H groups in total. The Morgan fingerprint density at radius 1 is 1.47 bits per heavy atom. The first kappa shape index (κ1) is 14.9. The Hall–Kier alpha value is -2.19. The molecule has 1 aromatic carbocycles. The summed E-state index contributed by atoms with van der Waals surface area (Å²) in [7, 11) is 0. The van der Waals surface area contributed by atoms with Gasteiger partial charge < -0.3 is 15.5 Å². The number of hydrogen-bond acceptors (Lipinski definition) is 5. The molecule has 0 unspecified atom stereocenters. The average molecular weight is 289 g/mol. The van der Waals surface area contributed by atoms with Crippen molar-refractivity contribution < 1.29 is 24.7 Å². The van der Waals surface area contributed by atoms with E-state index in [9.17, 15) is 19.7 Å². The second-order valence-corrected chi connectivity index (χ2v) is 3.88. The molecule has 0 spiro atoms. The molecule has 1 amide bonds. The van der Waals surface area contributed by atoms with Crippen molar-refractivity contribution in [2.75, 3.05) is 6.61 Å². The molecule has 1 atom stereocenters. The fourth-order valence-corrected chi connectivity index (χ4v) is 1.48. The van der Waals surface area contributed by atoms with E-state index in [0.717, 1.165) is 18.2 Å². The van der Waals surface area contributed by atoms with E-state index in [0.29, 0.717) is 0 Å². The monoisotopic (exact) mass is 288 g/mol. The van der Waals surface area contributed by atoms with Crippen molar-refractivity contribution in [1.82, 2.24) is 5.32 Å². The summed E-state index contributed by atoms with van der Waals surface area (Å²) in [6.45, 7) is -0.786. The zero-order valence-corrected chi connectivity index (χ0v) is 10.1. The number of halogens is 1. The molecular weight excluding hydrogens is 280 g/mol. The minimum Gasteiger partial charge on any atom is -0.480 e. The van der Waals surface area contributed by atoms with Gasteiger partial charge in [-0.2, -0.15) is 0 Å². The van der Waals surface area contributed by atoms with Crippen molar-refractivity contribution in [2.45, 2.75) is 6.04 Å². The van der Waals surface area contributed by atoms with Crippen LogP contribution in [0.5, 0.6) is 0 Å². The number of aliphatic hydroxyl groups excluding tert-OH is 1. The highest BCUT2D eigenvalue weighted by Gasteiger charge is 2.21. The molecule has 0 aliphatic rings. The minimum absolute atomic E-state index is 0.119. The highest BCUT2D eigenvalue weighted by molar-refractivity contribution is 6.34. The maximum Gasteiger partial charge on any atom is 0.328 e. The number of carbonyl (C=O) groups excluding carboxylic acids is 1. The van der Waals surface area contributed by atoms with Crippen LogP contribution in [0.15, 0.2) is 18.2 Å². The lowest BCUT2D eigenvalue weighted by molar-refractivity contribution is -0.384. The Morgan fingerprint density at radius 2 is 2.11 bits per heavy atom. The third kappa shape index (κ3) is 3.63. The second-order valence-electron chi connectivity index (χ2n) is 3.47. The zero-order valence-electron chi connectivity index (χ0n) is 9.37. The van der Waals surface area contributed by atoms with Crippen LogP contribution in [0.25, 0.3) is 0 Å². The van der Waals surface area contributed by atoms with Gasteiger partial charge >= 0.3 is 5.97 Å². The van der Waals surface area contributed by atoms with E-state index in [1.54, 1.807) is 0 Å². The summed E-state index contributed by atoms with van der Waals surface area (Å²) < 4.78 is 0. The number of nitro groups is 1. The van der Waals surface area contributed by atoms with Crippen molar-refractivity contribution in [1.29, 1.82) is 0 Å². The molecule has 1 rings (SSSR count). The van der Waals surface area contributed by atoms with Gasteiger partial charge in [0.2, 0.25) is 0 Å². The van der Waals surface area contributed by atoms with E-state index in [4.69, 9.17) is 21.8 Å². The molecule has 0 radical (unpaired) electrons. The van der Waals surface area contributed by atoms with Crippen LogP contribution in [0.2, 0.25) is 5.02 Å². The van der Waals surface area contributed by atoms with Crippen molar-refractivity contribution >= 4 is 29.2 Å². The lowest BCUT2D eigenvalue weighted by atomic mass is 10.1. The number of nitro benzene ring substituents is 1. The standard InChI is InChI=1S/C10H9ClN2O6/c11-7-3-5(13(18)19)1-2-6(7)9(15)12-8(4-14)10(16)17/h1-3,8,14H,4H2,(H,12,15)(H,16,17)/t8-/m0/s1. The van der Waals surface area contributed by atoms with Crippen molar-refractivity contribution in [3.05, 3.63) is 38.9 Å². The van der Waals surface area contributed by atoms with Crippen molar-refractivity contribution in [3.63, 3.8) is 0 Å². The van der Waals surface area contributed by atoms with E-state index in [-0.39, 0.29) is 16.3 Å². The first-order valence-electron chi connectivity index (χ1n) is 4.95. The smallest absolute Gasteiger partial charge is 0.328 e. The number of amides is 1. The number of carbonyl (C=O) groups is 2. The van der Waals surface area contributed by atoms with E-state index in [1.807, 2.05) is 5.32 Å². The van der Waals surface area contributed by atoms with Gasteiger partial charge in [-0.25, -0.2) is 4.79 Å². The maximum absolute atomic E-state index is 11.7. The fraction of sp³-hybridized carbons (Fsp3) is 0.200. The number of benzene rings is 1. The molecule has 0 heterocycles. The lowest BCUT2D eigenvalue weighted by Crippen LogP contribution is -2.43. The van der Waals surface area contributed by atoms with Gasteiger partial charge in [0.1, 0.15) is 0 Å². The van der Waals surface area contributed by atoms with Gasteiger partial charge in [-0.3, -0.25) is 14.9 Å². The molecule has 8 nitrogen and oxygen atoms in total. The molecule has 1 aromatic rings. The Bertz CT molecular complexity index is 533. The quantitative estimate of drug-likeness (QED) is 0.532. The van der Waals surface area contributed by atoms with Crippen LogP contribution in [-0.2, 0) is 4.79 Å². The number of carboxylic acids is 1. The van der Waals surface area contributed by atoms with Gasteiger partial charge in [0.25, 0.3) is 11.6 Å². The Kier molecular flexibility index (Phi) is 4.79. The summed E-state index contributed by atoms with van der Waals surface area (Å²) in [5, 5.41) is 29.7. The molecule has 0 saturated heterocycles. The highest BCUT2D eigenvalue weighted by Crippen LogP contribution is 2.22. The summed E-state index contributed by atoms with van der Waals surface area (Å²) >= 11 is 5.70. The zero-order chi connectivity index (χ0) is 14.6. The van der Waals surface area contributed by atoms with Crippen LogP contribution in [0.4, 0.5) is 5.69 Å². The average Bonchev–Trinajstić information content (AvgIpc) is 2.34. The van der Waals surface area contributed by atoms with Gasteiger partial charge in [0.15, 0.2) is 6.04 Å². The van der Waals surface area contributed by atoms with Gasteiger partial charge in [-0.15, -0.1) is 0 Å². The van der Waals surface area contributed by atoms with Gasteiger partial charge in [0.05, 0.1) is 22.1 Å². The SMILES string of the molecule is O=C(N[C@@H](CO)C(=O)O)c1ccc([N+](=O)[O-])cc1Cl. The predicted octanol–water partition coefficient (Wildman–Crippen LogP) is 0.424. The number of carboxylic acid groups (broad SMARTS) is 1. The number of nitrogens with zero attached hydrogens (tertiary/aromatic N) is 1. The van der Waals surface area contributed by atoms with Crippen LogP contribution >= 0.6 is 11.6 Å². The first-order chi connectivity index (χ1) is 8.86. The summed E-state index contributed by atoms with van der Waals surface area (Å²) in [5.41, 5.74) is -0.412. The maximum atomic E-state index is 11.7. The van der Waals surface area contributed by atoms with Crippen LogP contribution in [0, 0.1) is 10.1 Å². The Balaban J connectivity index is 2.94. The number of aliphatic hydroxyl groups is 1. The van der Waals surface area contributed by atoms with Gasteiger partial charge in [-0.1, -0.05) is 11.6 Å². The Morgan fingerprint density at radius 3 is 2.53 bits per heavy atom. The van der Waals surface area contributed by atoms with E-state index >= 15 is 0 Å². The van der Waals surface area contributed by atoms with E-state index in [2.05, 4.69) is 0 Å². The summed E-state index contributed by atoms with van der Waals surface area (Å²) in [6, 6.07) is 1.67. The summed E-state index contributed by atoms with van der Waals surface area (Å²) in [5.74, 6) is -2.25. The van der Waals surface area contributed by atoms with E-state index < -0.39 is 29.4 Å². The van der Waals surface area contributed by atoms with Crippen LogP contribution in [0.3, 0.4) is 0 Å². The third-order valence-electron chi connectivity index (χ3n) is 2.19. The number of nitrogens with one attached hydrogen (secondary N) is 1.